The van der Waals surface area contributed by atoms with Crippen molar-refractivity contribution in [1.29, 1.82) is 0 Å². The highest BCUT2D eigenvalue weighted by Gasteiger charge is 2.28. The second kappa shape index (κ2) is 6.38. The Morgan fingerprint density at radius 3 is 2.50 bits per heavy atom. The molecule has 1 aliphatic carbocycles. The van der Waals surface area contributed by atoms with Crippen molar-refractivity contribution in [3.63, 3.8) is 0 Å². The molecule has 0 bridgehead atoms. The quantitative estimate of drug-likeness (QED) is 0.566. The van der Waals surface area contributed by atoms with Crippen LogP contribution in [-0.4, -0.2) is 48.8 Å². The largest absolute Gasteiger partial charge is 0.392 e. The third-order valence-electron chi connectivity index (χ3n) is 3.02. The van der Waals surface area contributed by atoms with E-state index in [1.54, 1.807) is 0 Å². The van der Waals surface area contributed by atoms with E-state index in [4.69, 9.17) is 0 Å². The first kappa shape index (κ1) is 12.0. The van der Waals surface area contributed by atoms with E-state index in [-0.39, 0.29) is 6.10 Å². The highest BCUT2D eigenvalue weighted by Crippen LogP contribution is 2.32. The first-order valence-electron chi connectivity index (χ1n) is 5.89. The number of likely N-dealkylation sites (N-methyl/N-ethyl adjacent to an activating group) is 1. The predicted molar refractivity (Wildman–Crippen MR) is 59.4 cm³/mol. The highest BCUT2D eigenvalue weighted by atomic mass is 16.3. The van der Waals surface area contributed by atoms with E-state index in [1.807, 2.05) is 0 Å². The van der Waals surface area contributed by atoms with Gasteiger partial charge in [0.05, 0.1) is 6.10 Å². The summed E-state index contributed by atoms with van der Waals surface area (Å²) in [5.41, 5.74) is 0. The Morgan fingerprint density at radius 1 is 1.36 bits per heavy atom. The summed E-state index contributed by atoms with van der Waals surface area (Å²) in [6, 6.07) is 0. The van der Waals surface area contributed by atoms with Crippen molar-refractivity contribution in [2.24, 2.45) is 5.92 Å². The zero-order chi connectivity index (χ0) is 10.4. The SMILES string of the molecule is CCN(CC)CCNCC(O)C1CC1. The van der Waals surface area contributed by atoms with Gasteiger partial charge in [-0.1, -0.05) is 13.8 Å². The Balaban J connectivity index is 1.92. The van der Waals surface area contributed by atoms with Crippen LogP contribution in [0.15, 0.2) is 0 Å². The molecule has 1 aliphatic rings. The molecule has 0 amide bonds. The lowest BCUT2D eigenvalue weighted by atomic mass is 10.2. The van der Waals surface area contributed by atoms with Gasteiger partial charge in [-0.15, -0.1) is 0 Å². The molecule has 0 aromatic rings. The average molecular weight is 200 g/mol. The molecule has 0 saturated heterocycles. The monoisotopic (exact) mass is 200 g/mol. The molecule has 1 fully saturated rings. The van der Waals surface area contributed by atoms with Gasteiger partial charge in [0.2, 0.25) is 0 Å². The van der Waals surface area contributed by atoms with Gasteiger partial charge < -0.3 is 15.3 Å². The van der Waals surface area contributed by atoms with Crippen LogP contribution in [0.4, 0.5) is 0 Å². The van der Waals surface area contributed by atoms with Crippen molar-refractivity contribution in [3.05, 3.63) is 0 Å². The number of nitrogens with zero attached hydrogens (tertiary/aromatic N) is 1. The van der Waals surface area contributed by atoms with Crippen LogP contribution in [0.25, 0.3) is 0 Å². The zero-order valence-corrected chi connectivity index (χ0v) is 9.50. The molecule has 1 unspecified atom stereocenters. The van der Waals surface area contributed by atoms with Crippen LogP contribution in [-0.2, 0) is 0 Å². The molecule has 3 heteroatoms. The van der Waals surface area contributed by atoms with Gasteiger partial charge in [-0.05, 0) is 31.8 Å². The van der Waals surface area contributed by atoms with Gasteiger partial charge in [0.15, 0.2) is 0 Å². The summed E-state index contributed by atoms with van der Waals surface area (Å²) in [4.78, 5) is 2.39. The fraction of sp³-hybridized carbons (Fsp3) is 1.00. The second-order valence-electron chi connectivity index (χ2n) is 4.14. The van der Waals surface area contributed by atoms with Crippen LogP contribution in [0.2, 0.25) is 0 Å². The van der Waals surface area contributed by atoms with Crippen LogP contribution in [0.3, 0.4) is 0 Å². The van der Waals surface area contributed by atoms with Crippen LogP contribution < -0.4 is 5.32 Å². The van der Waals surface area contributed by atoms with Crippen LogP contribution in [0.1, 0.15) is 26.7 Å². The number of aliphatic hydroxyl groups is 1. The summed E-state index contributed by atoms with van der Waals surface area (Å²) in [5.74, 6) is 0.593. The minimum Gasteiger partial charge on any atom is -0.392 e. The van der Waals surface area contributed by atoms with Crippen LogP contribution in [0, 0.1) is 5.92 Å². The Morgan fingerprint density at radius 2 is 2.00 bits per heavy atom. The molecule has 0 aliphatic heterocycles. The first-order chi connectivity index (χ1) is 6.77. The maximum atomic E-state index is 9.59. The number of hydrogen-bond donors (Lipinski definition) is 2. The molecule has 0 aromatic carbocycles. The van der Waals surface area contributed by atoms with E-state index in [1.165, 1.54) is 12.8 Å². The molecule has 1 atom stereocenters. The number of rotatable bonds is 8. The lowest BCUT2D eigenvalue weighted by molar-refractivity contribution is 0.147. The molecule has 1 saturated carbocycles. The number of aliphatic hydroxyl groups excluding tert-OH is 1. The van der Waals surface area contributed by atoms with Gasteiger partial charge in [0.25, 0.3) is 0 Å². The predicted octanol–water partition coefficient (Wildman–Crippen LogP) is 0.689. The smallest absolute Gasteiger partial charge is 0.0692 e. The van der Waals surface area contributed by atoms with Crippen molar-refractivity contribution < 1.29 is 5.11 Å². The summed E-state index contributed by atoms with van der Waals surface area (Å²) < 4.78 is 0. The number of hydrogen-bond acceptors (Lipinski definition) is 3. The molecular formula is C11H24N2O. The minimum absolute atomic E-state index is 0.105. The van der Waals surface area contributed by atoms with Gasteiger partial charge >= 0.3 is 0 Å². The highest BCUT2D eigenvalue weighted by molar-refractivity contribution is 4.82. The average Bonchev–Trinajstić information content (AvgIpc) is 3.01. The van der Waals surface area contributed by atoms with Gasteiger partial charge in [0, 0.05) is 19.6 Å². The molecule has 0 heterocycles. The first-order valence-corrected chi connectivity index (χ1v) is 5.89. The van der Waals surface area contributed by atoms with E-state index in [2.05, 4.69) is 24.1 Å². The topological polar surface area (TPSA) is 35.5 Å². The van der Waals surface area contributed by atoms with Gasteiger partial charge in [0.1, 0.15) is 0 Å². The van der Waals surface area contributed by atoms with E-state index >= 15 is 0 Å². The van der Waals surface area contributed by atoms with Crippen molar-refractivity contribution in [2.75, 3.05) is 32.7 Å². The van der Waals surface area contributed by atoms with E-state index in [9.17, 15) is 5.11 Å². The minimum atomic E-state index is -0.105. The Hall–Kier alpha value is -0.120. The third kappa shape index (κ3) is 4.40. The van der Waals surface area contributed by atoms with Crippen molar-refractivity contribution in [1.82, 2.24) is 10.2 Å². The molecule has 0 radical (unpaired) electrons. The molecule has 1 rings (SSSR count). The normalized spacial score (nSPS) is 18.9. The molecule has 3 nitrogen and oxygen atoms in total. The Kier molecular flexibility index (Phi) is 5.45. The number of nitrogens with one attached hydrogen (secondary N) is 1. The second-order valence-corrected chi connectivity index (χ2v) is 4.14. The Labute approximate surface area is 87.5 Å². The van der Waals surface area contributed by atoms with Gasteiger partial charge in [-0.2, -0.15) is 0 Å². The molecule has 84 valence electrons. The van der Waals surface area contributed by atoms with Gasteiger partial charge in [-0.25, -0.2) is 0 Å². The molecule has 0 aromatic heterocycles. The summed E-state index contributed by atoms with van der Waals surface area (Å²) >= 11 is 0. The molecule has 0 spiro atoms. The standard InChI is InChI=1S/C11H24N2O/c1-3-13(4-2)8-7-12-9-11(14)10-5-6-10/h10-12,14H,3-9H2,1-2H3. The van der Waals surface area contributed by atoms with Crippen molar-refractivity contribution in [3.8, 4) is 0 Å². The lowest BCUT2D eigenvalue weighted by Gasteiger charge is -2.18. The Bertz CT molecular complexity index is 140. The fourth-order valence-electron chi connectivity index (χ4n) is 1.67. The van der Waals surface area contributed by atoms with E-state index in [0.29, 0.717) is 5.92 Å². The van der Waals surface area contributed by atoms with Crippen LogP contribution in [0.5, 0.6) is 0 Å². The summed E-state index contributed by atoms with van der Waals surface area (Å²) in [6.45, 7) is 9.44. The molecule has 2 N–H and O–H groups in total. The maximum Gasteiger partial charge on any atom is 0.0692 e. The summed E-state index contributed by atoms with van der Waals surface area (Å²) in [6.07, 6.45) is 2.34. The van der Waals surface area contributed by atoms with E-state index < -0.39 is 0 Å². The van der Waals surface area contributed by atoms with Crippen molar-refractivity contribution in [2.45, 2.75) is 32.8 Å². The lowest BCUT2D eigenvalue weighted by Crippen LogP contribution is -2.35. The van der Waals surface area contributed by atoms with Crippen LogP contribution >= 0.6 is 0 Å². The third-order valence-corrected chi connectivity index (χ3v) is 3.02. The van der Waals surface area contributed by atoms with Gasteiger partial charge in [-0.3, -0.25) is 0 Å². The zero-order valence-electron chi connectivity index (χ0n) is 9.50. The summed E-state index contributed by atoms with van der Waals surface area (Å²) in [5, 5.41) is 12.9. The molecule has 14 heavy (non-hydrogen) atoms. The summed E-state index contributed by atoms with van der Waals surface area (Å²) in [7, 11) is 0. The molecular weight excluding hydrogens is 176 g/mol. The van der Waals surface area contributed by atoms with Crippen molar-refractivity contribution >= 4 is 0 Å². The fourth-order valence-corrected chi connectivity index (χ4v) is 1.67. The maximum absolute atomic E-state index is 9.59. The van der Waals surface area contributed by atoms with E-state index in [0.717, 1.165) is 32.7 Å².